The maximum atomic E-state index is 13.2. The number of hydrogen-bond acceptors (Lipinski definition) is 2. The predicted octanol–water partition coefficient (Wildman–Crippen LogP) is 5.42. The minimum Gasteiger partial charge on any atom is -0.302 e. The average Bonchev–Trinajstić information content (AvgIpc) is 3.11. The summed E-state index contributed by atoms with van der Waals surface area (Å²) in [6.45, 7) is 5.53. The van der Waals surface area contributed by atoms with Crippen LogP contribution in [0.1, 0.15) is 55.7 Å². The fourth-order valence-electron chi connectivity index (χ4n) is 4.83. The third-order valence-corrected chi connectivity index (χ3v) is 6.78. The summed E-state index contributed by atoms with van der Waals surface area (Å²) in [7, 11) is 0. The van der Waals surface area contributed by atoms with Gasteiger partial charge in [0.2, 0.25) is 0 Å². The van der Waals surface area contributed by atoms with Crippen molar-refractivity contribution in [3.8, 4) is 0 Å². The summed E-state index contributed by atoms with van der Waals surface area (Å²) < 4.78 is 78.8. The molecule has 2 heterocycles. The smallest absolute Gasteiger partial charge is 0.302 e. The number of likely N-dealkylation sites (tertiary alicyclic amines) is 2. The van der Waals surface area contributed by atoms with Gasteiger partial charge in [0.25, 0.3) is 0 Å². The van der Waals surface area contributed by atoms with Crippen LogP contribution >= 0.6 is 0 Å². The Labute approximate surface area is 184 Å². The molecular weight excluding hydrogens is 436 g/mol. The van der Waals surface area contributed by atoms with Crippen molar-refractivity contribution in [3.63, 3.8) is 0 Å². The van der Waals surface area contributed by atoms with Crippen molar-refractivity contribution in [2.24, 2.45) is 0 Å². The first-order chi connectivity index (χ1) is 14.9. The number of nitrogens with zero attached hydrogens (tertiary/aromatic N) is 2. The van der Waals surface area contributed by atoms with Crippen molar-refractivity contribution < 1.29 is 35.6 Å². The second kappa shape index (κ2) is 9.59. The zero-order valence-corrected chi connectivity index (χ0v) is 18.2. The maximum Gasteiger partial charge on any atom is 0.417 e. The first-order valence-electron chi connectivity index (χ1n) is 11.1. The second-order valence-electron chi connectivity index (χ2n) is 8.95. The van der Waals surface area contributed by atoms with Crippen LogP contribution in [-0.2, 0) is 18.9 Å². The van der Waals surface area contributed by atoms with Crippen molar-refractivity contribution in [3.05, 3.63) is 34.9 Å². The van der Waals surface area contributed by atoms with E-state index in [1.165, 1.54) is 6.42 Å². The molecule has 4 nitrogen and oxygen atoms in total. The lowest BCUT2D eigenvalue weighted by atomic mass is 10.0. The number of amides is 2. The summed E-state index contributed by atoms with van der Waals surface area (Å²) in [5.74, 6) is 0. The number of urea groups is 1. The number of nitrogens with one attached hydrogen (secondary N) is 1. The zero-order chi connectivity index (χ0) is 23.6. The van der Waals surface area contributed by atoms with Crippen molar-refractivity contribution in [1.82, 2.24) is 10.2 Å². The van der Waals surface area contributed by atoms with Crippen molar-refractivity contribution in [2.75, 3.05) is 32.7 Å². The lowest BCUT2D eigenvalue weighted by Crippen LogP contribution is -2.61. The molecule has 32 heavy (non-hydrogen) atoms. The van der Waals surface area contributed by atoms with Gasteiger partial charge in [0.15, 0.2) is 0 Å². The SMILES string of the molecule is C[C@@H]1CCC[N+]1(CCN1CCCCC1)C(=O)NCc1cc(C(F)(F)F)cc(C(F)(F)F)c1. The van der Waals surface area contributed by atoms with E-state index >= 15 is 0 Å². The molecule has 1 N–H and O–H groups in total. The van der Waals surface area contributed by atoms with Crippen LogP contribution in [0.25, 0.3) is 0 Å². The minimum atomic E-state index is -4.91. The summed E-state index contributed by atoms with van der Waals surface area (Å²) in [4.78, 5) is 15.5. The van der Waals surface area contributed by atoms with Gasteiger partial charge in [-0.3, -0.25) is 4.90 Å². The third-order valence-electron chi connectivity index (χ3n) is 6.78. The van der Waals surface area contributed by atoms with Gasteiger partial charge < -0.3 is 5.32 Å². The number of quaternary nitrogens is 1. The van der Waals surface area contributed by atoms with Gasteiger partial charge in [-0.1, -0.05) is 6.42 Å². The van der Waals surface area contributed by atoms with E-state index in [1.54, 1.807) is 0 Å². The molecule has 0 radical (unpaired) electrons. The minimum absolute atomic E-state index is 0.0482. The highest BCUT2D eigenvalue weighted by atomic mass is 19.4. The van der Waals surface area contributed by atoms with Crippen molar-refractivity contribution >= 4 is 6.03 Å². The number of alkyl halides is 6. The van der Waals surface area contributed by atoms with Crippen molar-refractivity contribution in [2.45, 2.75) is 64.0 Å². The van der Waals surface area contributed by atoms with E-state index in [9.17, 15) is 31.1 Å². The first-order valence-corrected chi connectivity index (χ1v) is 11.1. The Balaban J connectivity index is 1.74. The second-order valence-corrected chi connectivity index (χ2v) is 8.95. The highest BCUT2D eigenvalue weighted by Gasteiger charge is 2.46. The van der Waals surface area contributed by atoms with E-state index < -0.39 is 23.5 Å². The Hall–Kier alpha value is -1.81. The van der Waals surface area contributed by atoms with Crippen LogP contribution in [-0.4, -0.2) is 54.2 Å². The Kier molecular flexibility index (Phi) is 7.44. The summed E-state index contributed by atoms with van der Waals surface area (Å²) in [5, 5.41) is 2.64. The number of benzene rings is 1. The molecule has 0 bridgehead atoms. The van der Waals surface area contributed by atoms with Gasteiger partial charge in [0, 0.05) is 25.9 Å². The molecule has 2 amide bonds. The zero-order valence-electron chi connectivity index (χ0n) is 18.2. The number of hydrogen-bond donors (Lipinski definition) is 1. The summed E-state index contributed by atoms with van der Waals surface area (Å²) in [5.41, 5.74) is -2.97. The molecule has 1 aromatic rings. The Morgan fingerprint density at radius 3 is 2.09 bits per heavy atom. The average molecular weight is 466 g/mol. The van der Waals surface area contributed by atoms with E-state index in [0.29, 0.717) is 25.2 Å². The Morgan fingerprint density at radius 2 is 1.59 bits per heavy atom. The topological polar surface area (TPSA) is 32.3 Å². The van der Waals surface area contributed by atoms with Crippen LogP contribution in [0.15, 0.2) is 18.2 Å². The molecular formula is C22H30F6N3O+. The molecule has 2 aliphatic heterocycles. The monoisotopic (exact) mass is 466 g/mol. The van der Waals surface area contributed by atoms with E-state index in [4.69, 9.17) is 0 Å². The van der Waals surface area contributed by atoms with Gasteiger partial charge in [0.05, 0.1) is 23.7 Å². The van der Waals surface area contributed by atoms with Gasteiger partial charge in [-0.15, -0.1) is 0 Å². The summed E-state index contributed by atoms with van der Waals surface area (Å²) >= 11 is 0. The fourth-order valence-corrected chi connectivity index (χ4v) is 4.83. The number of piperidine rings is 1. The quantitative estimate of drug-likeness (QED) is 0.464. The van der Waals surface area contributed by atoms with Gasteiger partial charge in [-0.05, 0) is 56.6 Å². The largest absolute Gasteiger partial charge is 0.417 e. The molecule has 3 rings (SSSR count). The number of carbonyl (C=O) groups is 1. The summed E-state index contributed by atoms with van der Waals surface area (Å²) in [6.07, 6.45) is -4.66. The molecule has 2 atom stereocenters. The molecule has 0 saturated carbocycles. The van der Waals surface area contributed by atoms with Crippen LogP contribution in [0.4, 0.5) is 31.1 Å². The standard InChI is InChI=1S/C22H29F6N3O/c1-16-6-5-10-31(16,11-9-30-7-3-2-4-8-30)20(32)29-15-17-12-18(21(23,24)25)14-19(13-17)22(26,27)28/h12-14,16H,2-11,15H2,1H3/p+1/t16-,31?/m1/s1. The van der Waals surface area contributed by atoms with Gasteiger partial charge >= 0.3 is 18.4 Å². The van der Waals surface area contributed by atoms with E-state index in [0.717, 1.165) is 45.3 Å². The van der Waals surface area contributed by atoms with E-state index in [-0.39, 0.29) is 34.7 Å². The van der Waals surface area contributed by atoms with Crippen molar-refractivity contribution in [1.29, 1.82) is 0 Å². The molecule has 2 aliphatic rings. The molecule has 2 saturated heterocycles. The first kappa shape index (κ1) is 24.8. The molecule has 10 heteroatoms. The van der Waals surface area contributed by atoms with E-state index in [1.807, 2.05) is 6.92 Å². The van der Waals surface area contributed by atoms with Crippen LogP contribution in [0, 0.1) is 0 Å². The van der Waals surface area contributed by atoms with Crippen LogP contribution in [0.2, 0.25) is 0 Å². The molecule has 2 fully saturated rings. The van der Waals surface area contributed by atoms with E-state index in [2.05, 4.69) is 10.2 Å². The van der Waals surface area contributed by atoms with Crippen LogP contribution < -0.4 is 5.32 Å². The van der Waals surface area contributed by atoms with Crippen LogP contribution in [0.5, 0.6) is 0 Å². The molecule has 1 unspecified atom stereocenters. The Bertz CT molecular complexity index is 772. The number of rotatable bonds is 5. The molecule has 180 valence electrons. The fraction of sp³-hybridized carbons (Fsp3) is 0.682. The maximum absolute atomic E-state index is 13.2. The molecule has 0 spiro atoms. The number of halogens is 6. The van der Waals surface area contributed by atoms with Gasteiger partial charge in [0.1, 0.15) is 6.54 Å². The van der Waals surface area contributed by atoms with Crippen LogP contribution in [0.3, 0.4) is 0 Å². The molecule has 0 aliphatic carbocycles. The predicted molar refractivity (Wildman–Crippen MR) is 108 cm³/mol. The lowest BCUT2D eigenvalue weighted by molar-refractivity contribution is -0.860. The van der Waals surface area contributed by atoms with Gasteiger partial charge in [-0.25, -0.2) is 9.28 Å². The Morgan fingerprint density at radius 1 is 1.00 bits per heavy atom. The summed E-state index contributed by atoms with van der Waals surface area (Å²) in [6, 6.07) is 1.15. The highest BCUT2D eigenvalue weighted by molar-refractivity contribution is 5.67. The molecule has 0 aromatic heterocycles. The third kappa shape index (κ3) is 5.75. The normalized spacial score (nSPS) is 25.2. The molecule has 1 aromatic carbocycles. The van der Waals surface area contributed by atoms with Gasteiger partial charge in [-0.2, -0.15) is 26.3 Å². The highest BCUT2D eigenvalue weighted by Crippen LogP contribution is 2.36. The number of carbonyl (C=O) groups excluding carboxylic acids is 1. The lowest BCUT2D eigenvalue weighted by Gasteiger charge is -2.38.